The minimum atomic E-state index is -4.94. The summed E-state index contributed by atoms with van der Waals surface area (Å²) in [6, 6.07) is -0.506. The van der Waals surface area contributed by atoms with Gasteiger partial charge in [-0.05, 0) is 26.2 Å². The number of carbonyl (C=O) groups is 1. The first-order valence-corrected chi connectivity index (χ1v) is 4.31. The van der Waals surface area contributed by atoms with Gasteiger partial charge in [0.2, 0.25) is 0 Å². The maximum atomic E-state index is 11.9. The van der Waals surface area contributed by atoms with Crippen molar-refractivity contribution in [2.24, 2.45) is 5.73 Å². The first-order valence-electron chi connectivity index (χ1n) is 4.31. The van der Waals surface area contributed by atoms with E-state index in [0.717, 1.165) is 0 Å². The molecule has 0 radical (unpaired) electrons. The average molecular weight is 211 g/mol. The molecule has 6 heteroatoms. The second-order valence-electron chi connectivity index (χ2n) is 3.70. The molecule has 0 saturated heterocycles. The Balaban J connectivity index is 2.64. The maximum absolute atomic E-state index is 11.9. The molecule has 1 rings (SSSR count). The monoisotopic (exact) mass is 211 g/mol. The van der Waals surface area contributed by atoms with Gasteiger partial charge in [-0.15, -0.1) is 0 Å². The third-order valence-electron chi connectivity index (χ3n) is 2.53. The van der Waals surface area contributed by atoms with Crippen LogP contribution in [-0.4, -0.2) is 23.8 Å². The van der Waals surface area contributed by atoms with E-state index in [9.17, 15) is 18.0 Å². The summed E-state index contributed by atoms with van der Waals surface area (Å²) in [5.41, 5.74) is 4.40. The number of esters is 1. The first kappa shape index (κ1) is 11.3. The molecule has 2 unspecified atom stereocenters. The molecule has 0 aliphatic heterocycles. The summed E-state index contributed by atoms with van der Waals surface area (Å²) < 4.78 is 40.0. The zero-order valence-electron chi connectivity index (χ0n) is 7.73. The van der Waals surface area contributed by atoms with E-state index in [2.05, 4.69) is 4.74 Å². The highest BCUT2D eigenvalue weighted by molar-refractivity contribution is 5.76. The molecular weight excluding hydrogens is 199 g/mol. The number of hydrogen-bond donors (Lipinski definition) is 1. The third-order valence-corrected chi connectivity index (χ3v) is 2.53. The van der Waals surface area contributed by atoms with Gasteiger partial charge in [0, 0.05) is 6.04 Å². The summed E-state index contributed by atoms with van der Waals surface area (Å²) in [6.45, 7) is 1.44. The van der Waals surface area contributed by atoms with Gasteiger partial charge in [0.25, 0.3) is 0 Å². The van der Waals surface area contributed by atoms with Gasteiger partial charge in [-0.2, -0.15) is 13.2 Å². The molecule has 3 nitrogen and oxygen atoms in total. The van der Waals surface area contributed by atoms with Gasteiger partial charge in [-0.1, -0.05) is 0 Å². The van der Waals surface area contributed by atoms with Crippen LogP contribution in [0.5, 0.6) is 0 Å². The van der Waals surface area contributed by atoms with Crippen molar-refractivity contribution in [3.05, 3.63) is 0 Å². The lowest BCUT2D eigenvalue weighted by Gasteiger charge is -2.29. The average Bonchev–Trinajstić information content (AvgIpc) is 2.30. The highest BCUT2D eigenvalue weighted by Gasteiger charge is 2.48. The Labute approximate surface area is 79.4 Å². The van der Waals surface area contributed by atoms with Crippen molar-refractivity contribution in [1.29, 1.82) is 0 Å². The zero-order chi connectivity index (χ0) is 11.0. The van der Waals surface area contributed by atoms with Crippen molar-refractivity contribution in [2.75, 3.05) is 0 Å². The molecular formula is C8H12F3NO2. The van der Waals surface area contributed by atoms with Gasteiger partial charge >= 0.3 is 12.1 Å². The highest BCUT2D eigenvalue weighted by atomic mass is 19.4. The van der Waals surface area contributed by atoms with E-state index in [1.54, 1.807) is 0 Å². The number of halogens is 3. The second-order valence-corrected chi connectivity index (χ2v) is 3.70. The lowest BCUT2D eigenvalue weighted by Crippen LogP contribution is -2.47. The fraction of sp³-hybridized carbons (Fsp3) is 0.875. The normalized spacial score (nSPS) is 33.1. The van der Waals surface area contributed by atoms with Crippen molar-refractivity contribution in [3.63, 3.8) is 0 Å². The van der Waals surface area contributed by atoms with Crippen LogP contribution in [0.15, 0.2) is 0 Å². The molecule has 1 aliphatic rings. The molecule has 0 spiro atoms. The Morgan fingerprint density at radius 2 is 2.14 bits per heavy atom. The van der Waals surface area contributed by atoms with Gasteiger partial charge < -0.3 is 10.5 Å². The number of carbonyl (C=O) groups excluding carboxylic acids is 1. The predicted octanol–water partition coefficient (Wildman–Crippen LogP) is 1.36. The first-order chi connectivity index (χ1) is 6.26. The standard InChI is InChI=1S/C8H12F3NO2/c1-7(4-2-3-5(7)12)14-6(13)8(9,10)11/h5H,2-4,12H2,1H3. The van der Waals surface area contributed by atoms with E-state index >= 15 is 0 Å². The van der Waals surface area contributed by atoms with E-state index in [-0.39, 0.29) is 0 Å². The lowest BCUT2D eigenvalue weighted by molar-refractivity contribution is -0.213. The number of nitrogens with two attached hydrogens (primary N) is 1. The molecule has 0 amide bonds. The molecule has 0 bridgehead atoms. The quantitative estimate of drug-likeness (QED) is 0.666. The number of hydrogen-bond acceptors (Lipinski definition) is 3. The van der Waals surface area contributed by atoms with E-state index in [4.69, 9.17) is 5.73 Å². The van der Waals surface area contributed by atoms with Crippen LogP contribution in [0.1, 0.15) is 26.2 Å². The number of rotatable bonds is 1. The summed E-state index contributed by atoms with van der Waals surface area (Å²) in [5.74, 6) is -2.16. The molecule has 1 saturated carbocycles. The van der Waals surface area contributed by atoms with Crippen molar-refractivity contribution in [2.45, 2.75) is 44.0 Å². The highest BCUT2D eigenvalue weighted by Crippen LogP contribution is 2.33. The molecule has 2 atom stereocenters. The van der Waals surface area contributed by atoms with Crippen LogP contribution in [0, 0.1) is 0 Å². The Kier molecular flexibility index (Phi) is 2.76. The van der Waals surface area contributed by atoms with Gasteiger partial charge in [-0.25, -0.2) is 4.79 Å². The smallest absolute Gasteiger partial charge is 0.451 e. The zero-order valence-corrected chi connectivity index (χ0v) is 7.73. The Morgan fingerprint density at radius 3 is 2.50 bits per heavy atom. The van der Waals surface area contributed by atoms with Gasteiger partial charge in [0.1, 0.15) is 5.60 Å². The van der Waals surface area contributed by atoms with Gasteiger partial charge in [-0.3, -0.25) is 0 Å². The van der Waals surface area contributed by atoms with Crippen molar-refractivity contribution >= 4 is 5.97 Å². The summed E-state index contributed by atoms with van der Waals surface area (Å²) in [4.78, 5) is 10.6. The van der Waals surface area contributed by atoms with Crippen LogP contribution in [0.25, 0.3) is 0 Å². The summed E-state index contributed by atoms with van der Waals surface area (Å²) in [5, 5.41) is 0. The summed E-state index contributed by atoms with van der Waals surface area (Å²) in [6.07, 6.45) is -3.29. The minimum Gasteiger partial charge on any atom is -0.451 e. The SMILES string of the molecule is CC1(OC(=O)C(F)(F)F)CCCC1N. The molecule has 14 heavy (non-hydrogen) atoms. The molecule has 0 aromatic rings. The third kappa shape index (κ3) is 2.17. The van der Waals surface area contributed by atoms with E-state index < -0.39 is 23.8 Å². The molecule has 82 valence electrons. The van der Waals surface area contributed by atoms with Crippen LogP contribution >= 0.6 is 0 Å². The molecule has 1 fully saturated rings. The molecule has 1 aliphatic carbocycles. The van der Waals surface area contributed by atoms with Crippen molar-refractivity contribution in [3.8, 4) is 0 Å². The maximum Gasteiger partial charge on any atom is 0.490 e. The topological polar surface area (TPSA) is 52.3 Å². The Hall–Kier alpha value is -0.780. The van der Waals surface area contributed by atoms with E-state index in [1.807, 2.05) is 0 Å². The molecule has 2 N–H and O–H groups in total. The minimum absolute atomic E-state index is 0.385. The van der Waals surface area contributed by atoms with E-state index in [1.165, 1.54) is 6.92 Å². The van der Waals surface area contributed by atoms with Crippen molar-refractivity contribution in [1.82, 2.24) is 0 Å². The van der Waals surface area contributed by atoms with Crippen molar-refractivity contribution < 1.29 is 22.7 Å². The summed E-state index contributed by atoms with van der Waals surface area (Å²) >= 11 is 0. The van der Waals surface area contributed by atoms with Crippen LogP contribution in [0.4, 0.5) is 13.2 Å². The fourth-order valence-electron chi connectivity index (χ4n) is 1.56. The molecule has 0 heterocycles. The Morgan fingerprint density at radius 1 is 1.57 bits per heavy atom. The predicted molar refractivity (Wildman–Crippen MR) is 42.4 cm³/mol. The van der Waals surface area contributed by atoms with Gasteiger partial charge in [0.15, 0.2) is 0 Å². The van der Waals surface area contributed by atoms with Crippen LogP contribution in [-0.2, 0) is 9.53 Å². The van der Waals surface area contributed by atoms with Crippen LogP contribution in [0.2, 0.25) is 0 Å². The largest absolute Gasteiger partial charge is 0.490 e. The Bertz CT molecular complexity index is 241. The lowest BCUT2D eigenvalue weighted by atomic mass is 10.0. The molecule has 0 aromatic carbocycles. The van der Waals surface area contributed by atoms with Gasteiger partial charge in [0.05, 0.1) is 0 Å². The molecule has 0 aromatic heterocycles. The van der Waals surface area contributed by atoms with Crippen LogP contribution in [0.3, 0.4) is 0 Å². The summed E-state index contributed by atoms with van der Waals surface area (Å²) in [7, 11) is 0. The van der Waals surface area contributed by atoms with Crippen LogP contribution < -0.4 is 5.73 Å². The number of ether oxygens (including phenoxy) is 1. The fourth-order valence-corrected chi connectivity index (χ4v) is 1.56. The second kappa shape index (κ2) is 3.42. The number of alkyl halides is 3. The van der Waals surface area contributed by atoms with E-state index in [0.29, 0.717) is 19.3 Å².